The SMILES string of the molecule is CCCOCc1ccccc1CNC(=O)C(C)CN. The van der Waals surface area contributed by atoms with Gasteiger partial charge in [-0.3, -0.25) is 4.79 Å². The first-order valence-corrected chi connectivity index (χ1v) is 6.81. The van der Waals surface area contributed by atoms with E-state index < -0.39 is 0 Å². The summed E-state index contributed by atoms with van der Waals surface area (Å²) >= 11 is 0. The van der Waals surface area contributed by atoms with Crippen LogP contribution in [0, 0.1) is 5.92 Å². The molecule has 1 rings (SSSR count). The van der Waals surface area contributed by atoms with Gasteiger partial charge in [-0.05, 0) is 17.5 Å². The number of amides is 1. The summed E-state index contributed by atoms with van der Waals surface area (Å²) in [6.07, 6.45) is 1.01. The molecule has 0 bridgehead atoms. The summed E-state index contributed by atoms with van der Waals surface area (Å²) in [6, 6.07) is 8.00. The number of nitrogens with one attached hydrogen (secondary N) is 1. The molecule has 0 fully saturated rings. The summed E-state index contributed by atoms with van der Waals surface area (Å²) in [4.78, 5) is 11.7. The topological polar surface area (TPSA) is 64.3 Å². The third kappa shape index (κ3) is 5.41. The van der Waals surface area contributed by atoms with Crippen LogP contribution in [0.5, 0.6) is 0 Å². The molecule has 19 heavy (non-hydrogen) atoms. The van der Waals surface area contributed by atoms with Crippen molar-refractivity contribution in [1.82, 2.24) is 5.32 Å². The molecular weight excluding hydrogens is 240 g/mol. The third-order valence-corrected chi connectivity index (χ3v) is 2.98. The summed E-state index contributed by atoms with van der Waals surface area (Å²) in [5.74, 6) is -0.157. The van der Waals surface area contributed by atoms with Crippen LogP contribution in [-0.2, 0) is 22.7 Å². The van der Waals surface area contributed by atoms with Crippen molar-refractivity contribution in [3.05, 3.63) is 35.4 Å². The number of ether oxygens (including phenoxy) is 1. The van der Waals surface area contributed by atoms with Crippen LogP contribution < -0.4 is 11.1 Å². The van der Waals surface area contributed by atoms with Crippen LogP contribution in [0.2, 0.25) is 0 Å². The molecule has 1 unspecified atom stereocenters. The molecule has 0 saturated carbocycles. The summed E-state index contributed by atoms with van der Waals surface area (Å²) < 4.78 is 5.55. The monoisotopic (exact) mass is 264 g/mol. The third-order valence-electron chi connectivity index (χ3n) is 2.98. The smallest absolute Gasteiger partial charge is 0.224 e. The van der Waals surface area contributed by atoms with Gasteiger partial charge in [0.2, 0.25) is 5.91 Å². The fraction of sp³-hybridized carbons (Fsp3) is 0.533. The molecule has 106 valence electrons. The molecule has 0 aliphatic carbocycles. The van der Waals surface area contributed by atoms with Gasteiger partial charge in [-0.1, -0.05) is 38.1 Å². The average molecular weight is 264 g/mol. The predicted molar refractivity (Wildman–Crippen MR) is 76.5 cm³/mol. The fourth-order valence-electron chi connectivity index (χ4n) is 1.66. The highest BCUT2D eigenvalue weighted by atomic mass is 16.5. The lowest BCUT2D eigenvalue weighted by Gasteiger charge is -2.13. The lowest BCUT2D eigenvalue weighted by atomic mass is 10.1. The highest BCUT2D eigenvalue weighted by Gasteiger charge is 2.10. The second-order valence-electron chi connectivity index (χ2n) is 4.68. The highest BCUT2D eigenvalue weighted by molar-refractivity contribution is 5.78. The number of benzene rings is 1. The Hall–Kier alpha value is -1.39. The number of hydrogen-bond donors (Lipinski definition) is 2. The quantitative estimate of drug-likeness (QED) is 0.704. The van der Waals surface area contributed by atoms with E-state index in [-0.39, 0.29) is 11.8 Å². The van der Waals surface area contributed by atoms with Gasteiger partial charge in [0.1, 0.15) is 0 Å². The van der Waals surface area contributed by atoms with Crippen LogP contribution in [0.15, 0.2) is 24.3 Å². The fourth-order valence-corrected chi connectivity index (χ4v) is 1.66. The molecule has 4 nitrogen and oxygen atoms in total. The average Bonchev–Trinajstić information content (AvgIpc) is 2.45. The van der Waals surface area contributed by atoms with Crippen LogP contribution >= 0.6 is 0 Å². The largest absolute Gasteiger partial charge is 0.377 e. The van der Waals surface area contributed by atoms with Crippen molar-refractivity contribution in [2.24, 2.45) is 11.7 Å². The van der Waals surface area contributed by atoms with Gasteiger partial charge < -0.3 is 15.8 Å². The molecule has 0 radical (unpaired) electrons. The second kappa shape index (κ2) is 8.67. The Kier molecular flexibility index (Phi) is 7.15. The molecule has 1 atom stereocenters. The molecule has 1 aromatic rings. The molecule has 4 heteroatoms. The lowest BCUT2D eigenvalue weighted by molar-refractivity contribution is -0.124. The van der Waals surface area contributed by atoms with Crippen LogP contribution in [0.1, 0.15) is 31.4 Å². The van der Waals surface area contributed by atoms with Gasteiger partial charge in [0.05, 0.1) is 6.61 Å². The van der Waals surface area contributed by atoms with E-state index >= 15 is 0 Å². The van der Waals surface area contributed by atoms with E-state index in [1.165, 1.54) is 0 Å². The summed E-state index contributed by atoms with van der Waals surface area (Å²) in [7, 11) is 0. The van der Waals surface area contributed by atoms with E-state index in [0.29, 0.717) is 19.7 Å². The molecule has 0 spiro atoms. The van der Waals surface area contributed by atoms with Gasteiger partial charge in [-0.2, -0.15) is 0 Å². The minimum Gasteiger partial charge on any atom is -0.377 e. The lowest BCUT2D eigenvalue weighted by Crippen LogP contribution is -2.33. The second-order valence-corrected chi connectivity index (χ2v) is 4.68. The van der Waals surface area contributed by atoms with E-state index in [1.54, 1.807) is 0 Å². The van der Waals surface area contributed by atoms with Gasteiger partial charge >= 0.3 is 0 Å². The Balaban J connectivity index is 2.55. The highest BCUT2D eigenvalue weighted by Crippen LogP contribution is 2.10. The molecule has 1 amide bonds. The van der Waals surface area contributed by atoms with Crippen molar-refractivity contribution in [1.29, 1.82) is 0 Å². The van der Waals surface area contributed by atoms with E-state index in [1.807, 2.05) is 31.2 Å². The number of hydrogen-bond acceptors (Lipinski definition) is 3. The Bertz CT molecular complexity index is 393. The molecular formula is C15H24N2O2. The van der Waals surface area contributed by atoms with Gasteiger partial charge in [-0.15, -0.1) is 0 Å². The van der Waals surface area contributed by atoms with Crippen molar-refractivity contribution in [3.8, 4) is 0 Å². The Labute approximate surface area is 115 Å². The van der Waals surface area contributed by atoms with Crippen LogP contribution in [-0.4, -0.2) is 19.1 Å². The van der Waals surface area contributed by atoms with Crippen molar-refractivity contribution < 1.29 is 9.53 Å². The van der Waals surface area contributed by atoms with Gasteiger partial charge in [-0.25, -0.2) is 0 Å². The number of carbonyl (C=O) groups is 1. The van der Waals surface area contributed by atoms with E-state index in [4.69, 9.17) is 10.5 Å². The normalized spacial score (nSPS) is 12.2. The zero-order valence-electron chi connectivity index (χ0n) is 11.8. The van der Waals surface area contributed by atoms with Crippen LogP contribution in [0.4, 0.5) is 0 Å². The first kappa shape index (κ1) is 15.7. The first-order chi connectivity index (χ1) is 9.19. The number of carbonyl (C=O) groups excluding carboxylic acids is 1. The molecule has 0 aliphatic rings. The van der Waals surface area contributed by atoms with Crippen molar-refractivity contribution in [2.45, 2.75) is 33.4 Å². The summed E-state index contributed by atoms with van der Waals surface area (Å²) in [5.41, 5.74) is 7.69. The summed E-state index contributed by atoms with van der Waals surface area (Å²) in [5, 5.41) is 2.91. The van der Waals surface area contributed by atoms with Crippen molar-refractivity contribution >= 4 is 5.91 Å². The maximum atomic E-state index is 11.7. The van der Waals surface area contributed by atoms with E-state index in [2.05, 4.69) is 12.2 Å². The Morgan fingerprint density at radius 1 is 1.37 bits per heavy atom. The zero-order valence-corrected chi connectivity index (χ0v) is 11.8. The van der Waals surface area contributed by atoms with Crippen LogP contribution in [0.3, 0.4) is 0 Å². The molecule has 3 N–H and O–H groups in total. The standard InChI is InChI=1S/C15H24N2O2/c1-3-8-19-11-14-7-5-4-6-13(14)10-17-15(18)12(2)9-16/h4-7,12H,3,8-11,16H2,1-2H3,(H,17,18). The Morgan fingerprint density at radius 3 is 2.68 bits per heavy atom. The van der Waals surface area contributed by atoms with Crippen molar-refractivity contribution in [2.75, 3.05) is 13.2 Å². The molecule has 0 heterocycles. The van der Waals surface area contributed by atoms with Crippen LogP contribution in [0.25, 0.3) is 0 Å². The van der Waals surface area contributed by atoms with Gasteiger partial charge in [0, 0.05) is 25.6 Å². The molecule has 1 aromatic carbocycles. The predicted octanol–water partition coefficient (Wildman–Crippen LogP) is 1.82. The molecule has 0 aromatic heterocycles. The van der Waals surface area contributed by atoms with Gasteiger partial charge in [0.25, 0.3) is 0 Å². The minimum atomic E-state index is -0.150. The summed E-state index contributed by atoms with van der Waals surface area (Å²) in [6.45, 7) is 6.14. The maximum absolute atomic E-state index is 11.7. The molecule has 0 saturated heterocycles. The number of rotatable bonds is 8. The molecule has 0 aliphatic heterocycles. The number of nitrogens with two attached hydrogens (primary N) is 1. The zero-order chi connectivity index (χ0) is 14.1. The Morgan fingerprint density at radius 2 is 2.05 bits per heavy atom. The minimum absolute atomic E-state index is 0.00761. The van der Waals surface area contributed by atoms with Gasteiger partial charge in [0.15, 0.2) is 0 Å². The van der Waals surface area contributed by atoms with E-state index in [0.717, 1.165) is 24.2 Å². The van der Waals surface area contributed by atoms with E-state index in [9.17, 15) is 4.79 Å². The maximum Gasteiger partial charge on any atom is 0.224 e. The van der Waals surface area contributed by atoms with Crippen molar-refractivity contribution in [3.63, 3.8) is 0 Å². The first-order valence-electron chi connectivity index (χ1n) is 6.81.